The average molecular weight is 230 g/mol. The summed E-state index contributed by atoms with van der Waals surface area (Å²) in [5.74, 6) is -1.09. The van der Waals surface area contributed by atoms with Crippen LogP contribution in [0.1, 0.15) is 5.56 Å². The van der Waals surface area contributed by atoms with E-state index in [9.17, 15) is 13.2 Å². The third-order valence-electron chi connectivity index (χ3n) is 1.87. The zero-order chi connectivity index (χ0) is 12.2. The summed E-state index contributed by atoms with van der Waals surface area (Å²) in [7, 11) is 0. The standard InChI is InChI=1S/C10H10F3N3/c1-15-9(10(11,12)13)16-6-7-2-4-8(14)5-3-7/h2-5H,1,6,14H2/p+1. The predicted octanol–water partition coefficient (Wildman–Crippen LogP) is 1.09. The van der Waals surface area contributed by atoms with Crippen LogP contribution in [-0.2, 0) is 6.54 Å². The Bertz CT molecular complexity index is 402. The highest BCUT2D eigenvalue weighted by atomic mass is 19.4. The van der Waals surface area contributed by atoms with Gasteiger partial charge in [-0.25, -0.2) is 4.67 Å². The topological polar surface area (TPSA) is 52.2 Å². The zero-order valence-corrected chi connectivity index (χ0v) is 8.38. The molecular weight excluding hydrogens is 219 g/mol. The fourth-order valence-corrected chi connectivity index (χ4v) is 1.07. The van der Waals surface area contributed by atoms with E-state index in [1.165, 1.54) is 0 Å². The summed E-state index contributed by atoms with van der Waals surface area (Å²) in [6, 6.07) is 6.51. The van der Waals surface area contributed by atoms with Crippen LogP contribution in [0, 0.1) is 0 Å². The summed E-state index contributed by atoms with van der Waals surface area (Å²) < 4.78 is 39.6. The van der Waals surface area contributed by atoms with Crippen LogP contribution < -0.4 is 15.7 Å². The molecule has 1 rings (SSSR count). The Hall–Kier alpha value is -1.94. The van der Waals surface area contributed by atoms with E-state index in [1.807, 2.05) is 0 Å². The lowest BCUT2D eigenvalue weighted by Crippen LogP contribution is -2.38. The van der Waals surface area contributed by atoms with Crippen molar-refractivity contribution in [1.29, 1.82) is 0 Å². The van der Waals surface area contributed by atoms with Gasteiger partial charge in [-0.2, -0.15) is 13.2 Å². The first-order valence-electron chi connectivity index (χ1n) is 4.42. The molecule has 1 aromatic rings. The van der Waals surface area contributed by atoms with Gasteiger partial charge in [-0.15, -0.1) is 0 Å². The molecule has 0 radical (unpaired) electrons. The van der Waals surface area contributed by atoms with Gasteiger partial charge in [-0.05, 0) is 17.7 Å². The number of nitrogen functional groups attached to an aromatic ring is 1. The summed E-state index contributed by atoms with van der Waals surface area (Å²) in [5.41, 5.74) is 6.68. The van der Waals surface area contributed by atoms with E-state index in [0.29, 0.717) is 11.3 Å². The maximum absolute atomic E-state index is 12.2. The van der Waals surface area contributed by atoms with Crippen LogP contribution in [0.25, 0.3) is 0 Å². The minimum Gasteiger partial charge on any atom is -0.399 e. The van der Waals surface area contributed by atoms with E-state index in [-0.39, 0.29) is 6.54 Å². The molecule has 16 heavy (non-hydrogen) atoms. The molecule has 0 aliphatic heterocycles. The van der Waals surface area contributed by atoms with Crippen LogP contribution in [0.3, 0.4) is 0 Å². The Morgan fingerprint density at radius 2 is 1.88 bits per heavy atom. The van der Waals surface area contributed by atoms with Gasteiger partial charge >= 0.3 is 12.0 Å². The first-order chi connectivity index (χ1) is 7.43. The van der Waals surface area contributed by atoms with Crippen molar-refractivity contribution >= 4 is 18.2 Å². The number of alkyl halides is 3. The van der Waals surface area contributed by atoms with Crippen LogP contribution in [-0.4, -0.2) is 18.7 Å². The number of anilines is 1. The smallest absolute Gasteiger partial charge is 0.399 e. The van der Waals surface area contributed by atoms with E-state index in [1.54, 1.807) is 24.3 Å². The van der Waals surface area contributed by atoms with Gasteiger partial charge in [0.25, 0.3) is 0 Å². The first kappa shape index (κ1) is 12.1. The quantitative estimate of drug-likeness (QED) is 0.346. The molecule has 0 saturated carbocycles. The molecule has 3 nitrogen and oxygen atoms in total. The van der Waals surface area contributed by atoms with E-state index < -0.39 is 12.0 Å². The summed E-state index contributed by atoms with van der Waals surface area (Å²) in [6.07, 6.45) is -4.50. The minimum absolute atomic E-state index is 0.0220. The molecule has 0 aliphatic rings. The first-order valence-corrected chi connectivity index (χ1v) is 4.42. The lowest BCUT2D eigenvalue weighted by Gasteiger charge is -2.03. The highest BCUT2D eigenvalue weighted by molar-refractivity contribution is 5.87. The second-order valence-corrected chi connectivity index (χ2v) is 3.10. The van der Waals surface area contributed by atoms with Gasteiger partial charge in [0.1, 0.15) is 6.54 Å². The largest absolute Gasteiger partial charge is 0.511 e. The second-order valence-electron chi connectivity index (χ2n) is 3.10. The highest BCUT2D eigenvalue weighted by Crippen LogP contribution is 2.14. The van der Waals surface area contributed by atoms with Crippen molar-refractivity contribution in [3.05, 3.63) is 29.8 Å². The van der Waals surface area contributed by atoms with Gasteiger partial charge in [0.05, 0.1) is 0 Å². The number of rotatable bonds is 2. The third kappa shape index (κ3) is 3.33. The Kier molecular flexibility index (Phi) is 3.58. The fourth-order valence-electron chi connectivity index (χ4n) is 1.07. The van der Waals surface area contributed by atoms with Gasteiger partial charge in [0.15, 0.2) is 6.72 Å². The van der Waals surface area contributed by atoms with E-state index in [4.69, 9.17) is 5.73 Å². The lowest BCUT2D eigenvalue weighted by atomic mass is 10.2. The molecule has 0 aliphatic carbocycles. The number of benzene rings is 1. The van der Waals surface area contributed by atoms with E-state index in [0.717, 1.165) is 0 Å². The van der Waals surface area contributed by atoms with Crippen molar-refractivity contribution in [3.63, 3.8) is 0 Å². The average Bonchev–Trinajstić information content (AvgIpc) is 2.19. The molecule has 6 heteroatoms. The molecule has 0 amide bonds. The zero-order valence-electron chi connectivity index (χ0n) is 8.38. The summed E-state index contributed by atoms with van der Waals surface area (Å²) in [4.78, 5) is 0. The summed E-state index contributed by atoms with van der Waals surface area (Å²) >= 11 is 0. The number of hydrogen-bond donors (Lipinski definition) is 2. The van der Waals surface area contributed by atoms with Crippen molar-refractivity contribution in [1.82, 2.24) is 9.98 Å². The number of halogens is 3. The lowest BCUT2D eigenvalue weighted by molar-refractivity contribution is -0.0620. The van der Waals surface area contributed by atoms with E-state index in [2.05, 4.69) is 16.7 Å². The van der Waals surface area contributed by atoms with Gasteiger partial charge < -0.3 is 5.73 Å². The van der Waals surface area contributed by atoms with Gasteiger partial charge in [-0.3, -0.25) is 5.32 Å². The molecule has 0 unspecified atom stereocenters. The molecule has 0 bridgehead atoms. The highest BCUT2D eigenvalue weighted by Gasteiger charge is 2.44. The molecule has 3 N–H and O–H groups in total. The molecule has 0 heterocycles. The van der Waals surface area contributed by atoms with Crippen LogP contribution in [0.5, 0.6) is 0 Å². The van der Waals surface area contributed by atoms with Crippen molar-refractivity contribution in [3.8, 4) is 0 Å². The monoisotopic (exact) mass is 230 g/mol. The SMILES string of the molecule is C=[N+]=C(NCc1ccc(N)cc1)C(F)(F)F. The number of nitrogens with zero attached hydrogens (tertiary/aromatic N) is 1. The maximum Gasteiger partial charge on any atom is 0.511 e. The molecule has 0 fully saturated rings. The second kappa shape index (κ2) is 4.72. The molecule has 0 saturated heterocycles. The van der Waals surface area contributed by atoms with Crippen molar-refractivity contribution in [2.24, 2.45) is 0 Å². The van der Waals surface area contributed by atoms with Crippen LogP contribution in [0.4, 0.5) is 18.9 Å². The number of nitrogens with two attached hydrogens (primary N) is 1. The minimum atomic E-state index is -4.50. The van der Waals surface area contributed by atoms with Crippen LogP contribution in [0.15, 0.2) is 24.3 Å². The van der Waals surface area contributed by atoms with E-state index >= 15 is 0 Å². The Balaban J connectivity index is 2.64. The molecule has 0 atom stereocenters. The van der Waals surface area contributed by atoms with Crippen LogP contribution >= 0.6 is 0 Å². The predicted molar refractivity (Wildman–Crippen MR) is 58.0 cm³/mol. The fraction of sp³-hybridized carbons (Fsp3) is 0.200. The normalized spacial score (nSPS) is 10.7. The van der Waals surface area contributed by atoms with Gasteiger partial charge in [0.2, 0.25) is 0 Å². The molecule has 0 spiro atoms. The van der Waals surface area contributed by atoms with Crippen LogP contribution in [0.2, 0.25) is 0 Å². The Morgan fingerprint density at radius 1 is 1.31 bits per heavy atom. The van der Waals surface area contributed by atoms with Gasteiger partial charge in [-0.1, -0.05) is 12.1 Å². The Labute approximate surface area is 90.5 Å². The number of hydrogen-bond acceptors (Lipinski definition) is 1. The number of nitrogens with one attached hydrogen (secondary N) is 1. The van der Waals surface area contributed by atoms with Crippen molar-refractivity contribution in [2.75, 3.05) is 5.73 Å². The number of amidine groups is 1. The van der Waals surface area contributed by atoms with Crippen molar-refractivity contribution in [2.45, 2.75) is 12.7 Å². The van der Waals surface area contributed by atoms with Gasteiger partial charge in [0, 0.05) is 5.69 Å². The molecular formula is C10H11F3N3+. The summed E-state index contributed by atoms with van der Waals surface area (Å²) in [5, 5.41) is 2.17. The molecule has 1 aromatic carbocycles. The molecule has 86 valence electrons. The third-order valence-corrected chi connectivity index (χ3v) is 1.87. The Morgan fingerprint density at radius 3 is 2.31 bits per heavy atom. The summed E-state index contributed by atoms with van der Waals surface area (Å²) in [6.45, 7) is 2.89. The maximum atomic E-state index is 12.2. The van der Waals surface area contributed by atoms with Crippen molar-refractivity contribution < 1.29 is 13.2 Å². The molecule has 0 aromatic heterocycles.